The van der Waals surface area contributed by atoms with Crippen molar-refractivity contribution in [1.82, 2.24) is 42.1 Å². The molecule has 1 heterocycles. The largest absolute Gasteiger partial charge is 0.480 e. The van der Waals surface area contributed by atoms with E-state index in [1.54, 1.807) is 20.1 Å². The summed E-state index contributed by atoms with van der Waals surface area (Å²) in [5, 5.41) is 38.5. The average molecular weight is 1140 g/mol. The van der Waals surface area contributed by atoms with E-state index in [-0.39, 0.29) is 108 Å². The van der Waals surface area contributed by atoms with E-state index in [1.165, 1.54) is 18.7 Å². The molecule has 0 radical (unpaired) electrons. The number of carboxylic acid groups (broad SMARTS) is 1. The van der Waals surface area contributed by atoms with Gasteiger partial charge >= 0.3 is 5.97 Å². The van der Waals surface area contributed by atoms with Crippen LogP contribution in [0.3, 0.4) is 0 Å². The average Bonchev–Trinajstić information content (AvgIpc) is 3.88. The Labute approximate surface area is 463 Å². The maximum absolute atomic E-state index is 14.2. The number of aliphatic hydroxyl groups is 1. The van der Waals surface area contributed by atoms with Gasteiger partial charge in [-0.25, -0.2) is 4.79 Å². The third kappa shape index (κ3) is 27.4. The minimum atomic E-state index is -1.69. The maximum Gasteiger partial charge on any atom is 0.326 e. The van der Waals surface area contributed by atoms with Crippen LogP contribution in [-0.2, 0) is 52.7 Å². The molecule has 31 nitrogen and oxygen atoms in total. The van der Waals surface area contributed by atoms with Crippen LogP contribution >= 0.6 is 11.8 Å². The Hall–Kier alpha value is -7.06. The molecule has 1 aliphatic rings. The summed E-state index contributed by atoms with van der Waals surface area (Å²) in [5.41, 5.74) is 43.6. The molecule has 0 aromatic carbocycles. The summed E-state index contributed by atoms with van der Waals surface area (Å²) in [7, 11) is 0. The molecule has 1 saturated heterocycles. The van der Waals surface area contributed by atoms with E-state index in [2.05, 4.69) is 47.2 Å². The van der Waals surface area contributed by atoms with E-state index in [9.17, 15) is 63.0 Å². The number of nitrogens with two attached hydrogens (primary N) is 8. The molecule has 10 atom stereocenters. The lowest BCUT2D eigenvalue weighted by atomic mass is 10.0. The number of aliphatic carboxylic acids is 1. The van der Waals surface area contributed by atoms with Gasteiger partial charge in [-0.2, -0.15) is 11.8 Å². The number of likely N-dealkylation sites (tertiary alicyclic amines) is 1. The van der Waals surface area contributed by atoms with Crippen molar-refractivity contribution in [3.8, 4) is 0 Å². The van der Waals surface area contributed by atoms with Crippen LogP contribution in [0.5, 0.6) is 0 Å². The van der Waals surface area contributed by atoms with Gasteiger partial charge < -0.3 is 98.2 Å². The SMILES string of the molecule is CSCC[C@H](NC(=O)[C@H](CCC(N)=O)NC(=O)[C@@H]1CCCN1C(=O)[C@@H](NC(=O)[C@H](CCCN=C(N)N)NC(=O)[C@@H](N)CC(N)=O)[C@@H](C)O)C(=O)N[C@@H](CC(C)C)C(=O)N[C@@H](CCCCN)C(=O)N[C@@H](CCCN=C(N)N)C(=O)O. The molecule has 79 heavy (non-hydrogen) atoms. The van der Waals surface area contributed by atoms with E-state index in [0.717, 1.165) is 4.90 Å². The van der Waals surface area contributed by atoms with Gasteiger partial charge in [-0.1, -0.05) is 13.8 Å². The summed E-state index contributed by atoms with van der Waals surface area (Å²) >= 11 is 1.33. The number of guanidine groups is 2. The van der Waals surface area contributed by atoms with Crippen LogP contribution < -0.4 is 83.1 Å². The molecule has 0 aliphatic carbocycles. The summed E-state index contributed by atoms with van der Waals surface area (Å²) in [6.07, 6.45) is 0.341. The summed E-state index contributed by atoms with van der Waals surface area (Å²) in [4.78, 5) is 155. The molecule has 1 aliphatic heterocycles. The van der Waals surface area contributed by atoms with Crippen molar-refractivity contribution >= 4 is 88.7 Å². The van der Waals surface area contributed by atoms with Crippen molar-refractivity contribution in [2.45, 2.75) is 171 Å². The Morgan fingerprint density at radius 2 is 1.08 bits per heavy atom. The van der Waals surface area contributed by atoms with Crippen molar-refractivity contribution in [2.75, 3.05) is 38.2 Å². The van der Waals surface area contributed by atoms with Gasteiger partial charge in [0.15, 0.2) is 11.9 Å². The molecule has 1 fully saturated rings. The van der Waals surface area contributed by atoms with Crippen LogP contribution in [0, 0.1) is 5.92 Å². The minimum Gasteiger partial charge on any atom is -0.480 e. The van der Waals surface area contributed by atoms with Gasteiger partial charge in [0.25, 0.3) is 0 Å². The number of rotatable bonds is 39. The molecule has 0 aromatic rings. The van der Waals surface area contributed by atoms with Crippen LogP contribution in [0.25, 0.3) is 0 Å². The predicted molar refractivity (Wildman–Crippen MR) is 293 cm³/mol. The number of nitrogens with zero attached hydrogens (tertiary/aromatic N) is 3. The second-order valence-electron chi connectivity index (χ2n) is 19.5. The molecule has 0 aromatic heterocycles. The molecular weight excluding hydrogens is 1060 g/mol. The van der Waals surface area contributed by atoms with Crippen molar-refractivity contribution in [3.05, 3.63) is 0 Å². The molecule has 0 saturated carbocycles. The number of hydrogen-bond acceptors (Lipinski definition) is 17. The van der Waals surface area contributed by atoms with E-state index in [0.29, 0.717) is 18.6 Å². The lowest BCUT2D eigenvalue weighted by Crippen LogP contribution is -2.61. The van der Waals surface area contributed by atoms with Crippen molar-refractivity contribution < 1.29 is 63.0 Å². The molecule has 0 spiro atoms. The Bertz CT molecular complexity index is 2130. The molecule has 10 amide bonds. The summed E-state index contributed by atoms with van der Waals surface area (Å²) in [6.45, 7) is 5.13. The fraction of sp³-hybridized carbons (Fsp3) is 0.723. The Balaban J connectivity index is 3.44. The summed E-state index contributed by atoms with van der Waals surface area (Å²) in [5.74, 6) is -10.4. The molecule has 32 heteroatoms. The van der Waals surface area contributed by atoms with Crippen molar-refractivity contribution in [3.63, 3.8) is 0 Å². The summed E-state index contributed by atoms with van der Waals surface area (Å²) < 4.78 is 0. The molecule has 25 N–H and O–H groups in total. The number of thioether (sulfide) groups is 1. The number of primary amides is 2. The number of nitrogens with one attached hydrogen (secondary N) is 7. The van der Waals surface area contributed by atoms with Crippen molar-refractivity contribution in [1.29, 1.82) is 0 Å². The monoisotopic (exact) mass is 1140 g/mol. The number of carbonyl (C=O) groups is 11. The number of aliphatic imine (C=N–C) groups is 2. The van der Waals surface area contributed by atoms with Crippen LogP contribution in [0.2, 0.25) is 0 Å². The van der Waals surface area contributed by atoms with Gasteiger partial charge in [0.05, 0.1) is 18.6 Å². The van der Waals surface area contributed by atoms with Crippen molar-refractivity contribution in [2.24, 2.45) is 61.8 Å². The second kappa shape index (κ2) is 36.9. The van der Waals surface area contributed by atoms with Crippen LogP contribution in [0.15, 0.2) is 9.98 Å². The Morgan fingerprint density at radius 3 is 1.56 bits per heavy atom. The lowest BCUT2D eigenvalue weighted by molar-refractivity contribution is -0.144. The van der Waals surface area contributed by atoms with Crippen LogP contribution in [-0.4, -0.2) is 191 Å². The molecule has 448 valence electrons. The van der Waals surface area contributed by atoms with E-state index in [1.807, 2.05) is 0 Å². The Morgan fingerprint density at radius 1 is 0.608 bits per heavy atom. The number of amides is 10. The third-order valence-corrected chi connectivity index (χ3v) is 12.9. The highest BCUT2D eigenvalue weighted by atomic mass is 32.2. The quantitative estimate of drug-likeness (QED) is 0.0155. The first-order valence-corrected chi connectivity index (χ1v) is 27.5. The zero-order chi connectivity index (χ0) is 59.9. The first-order chi connectivity index (χ1) is 37.1. The highest BCUT2D eigenvalue weighted by Gasteiger charge is 2.42. The topological polar surface area (TPSA) is 549 Å². The predicted octanol–water partition coefficient (Wildman–Crippen LogP) is -6.66. The standard InChI is InChI=1S/C47H86N18O13S/c1-24(2)22-32(42(74)59-27(10-5-6-17-48)38(70)62-31(45(77)78)12-8-19-57-47(54)55)63-40(72)30(16-21-79-4)60-39(71)29(14-15-34(50)67)61-43(75)33-13-9-20-65(33)44(76)36(25(3)66)64-41(73)28(11-7-18-56-46(52)53)58-37(69)26(49)23-35(51)68/h24-33,36,66H,5-23,48-49H2,1-4H3,(H2,50,67)(H2,51,68)(H,58,69)(H,59,74)(H,60,71)(H,61,75)(H,62,70)(H,63,72)(H,64,73)(H,77,78)(H4,52,53,56)(H4,54,55,57)/t25-,26+,27+,28+,29+,30+,31+,32+,33+,36+/m1/s1. The van der Waals surface area contributed by atoms with Gasteiger partial charge in [0, 0.05) is 26.1 Å². The van der Waals surface area contributed by atoms with E-state index >= 15 is 0 Å². The van der Waals surface area contributed by atoms with Gasteiger partial charge in [0.2, 0.25) is 59.1 Å². The normalized spacial score (nSPS) is 16.4. The first-order valence-electron chi connectivity index (χ1n) is 26.1. The van der Waals surface area contributed by atoms with Gasteiger partial charge in [-0.3, -0.25) is 57.9 Å². The zero-order valence-corrected chi connectivity index (χ0v) is 46.4. The number of carboxylic acids is 1. The molecule has 0 bridgehead atoms. The fourth-order valence-corrected chi connectivity index (χ4v) is 8.60. The number of hydrogen-bond donors (Lipinski definition) is 17. The van der Waals surface area contributed by atoms with Crippen LogP contribution in [0.1, 0.15) is 111 Å². The molecule has 1 rings (SSSR count). The molecule has 0 unspecified atom stereocenters. The number of unbranched alkanes of at least 4 members (excludes halogenated alkanes) is 1. The highest BCUT2D eigenvalue weighted by molar-refractivity contribution is 7.98. The van der Waals surface area contributed by atoms with Crippen LogP contribution in [0.4, 0.5) is 0 Å². The highest BCUT2D eigenvalue weighted by Crippen LogP contribution is 2.21. The summed E-state index contributed by atoms with van der Waals surface area (Å²) in [6, 6.07) is -12.5. The second-order valence-corrected chi connectivity index (χ2v) is 20.5. The number of carbonyl (C=O) groups excluding carboxylic acids is 10. The zero-order valence-electron chi connectivity index (χ0n) is 45.5. The minimum absolute atomic E-state index is 0.00741. The van der Waals surface area contributed by atoms with Gasteiger partial charge in [0.1, 0.15) is 48.3 Å². The molecular formula is C47H86N18O13S. The lowest BCUT2D eigenvalue weighted by Gasteiger charge is -2.32. The van der Waals surface area contributed by atoms with E-state index < -0.39 is 138 Å². The maximum atomic E-state index is 14.2. The number of aliphatic hydroxyl groups excluding tert-OH is 1. The fourth-order valence-electron chi connectivity index (χ4n) is 8.13. The van der Waals surface area contributed by atoms with Gasteiger partial charge in [-0.15, -0.1) is 0 Å². The smallest absolute Gasteiger partial charge is 0.326 e. The van der Waals surface area contributed by atoms with E-state index in [4.69, 9.17) is 45.9 Å². The third-order valence-electron chi connectivity index (χ3n) is 12.3. The Kier molecular flexibility index (Phi) is 32.7. The first kappa shape index (κ1) is 70.0. The van der Waals surface area contributed by atoms with Gasteiger partial charge in [-0.05, 0) is 108 Å².